The Kier molecular flexibility index (Phi) is 20.1. The van der Waals surface area contributed by atoms with Crippen LogP contribution in [0.3, 0.4) is 0 Å². The van der Waals surface area contributed by atoms with Crippen LogP contribution in [-0.4, -0.2) is 123 Å². The molecule has 0 spiro atoms. The van der Waals surface area contributed by atoms with Gasteiger partial charge in [0.25, 0.3) is 11.8 Å². The number of anilines is 4. The zero-order chi connectivity index (χ0) is 38.8. The highest BCUT2D eigenvalue weighted by Gasteiger charge is 2.25. The monoisotopic (exact) mass is 751 g/mol. The van der Waals surface area contributed by atoms with E-state index < -0.39 is 12.0 Å². The molecule has 0 bridgehead atoms. The van der Waals surface area contributed by atoms with Gasteiger partial charge in [-0.25, -0.2) is 4.79 Å². The summed E-state index contributed by atoms with van der Waals surface area (Å²) in [4.78, 5) is 52.5. The molecule has 0 unspecified atom stereocenters. The number of carboxylic acids is 1. The lowest BCUT2D eigenvalue weighted by Gasteiger charge is -2.20. The van der Waals surface area contributed by atoms with Crippen LogP contribution in [0.2, 0.25) is 0 Å². The van der Waals surface area contributed by atoms with Crippen molar-refractivity contribution in [2.75, 3.05) is 95.0 Å². The molecule has 19 nitrogen and oxygen atoms in total. The maximum atomic E-state index is 12.6. The van der Waals surface area contributed by atoms with Crippen LogP contribution in [-0.2, 0) is 23.7 Å². The van der Waals surface area contributed by atoms with Crippen molar-refractivity contribution in [2.24, 2.45) is 11.0 Å². The molecule has 0 fully saturated rings. The first-order chi connectivity index (χ1) is 26.3. The molecule has 3 aromatic rings. The predicted octanol–water partition coefficient (Wildman–Crippen LogP) is 3.47. The van der Waals surface area contributed by atoms with Gasteiger partial charge >= 0.3 is 5.97 Å². The summed E-state index contributed by atoms with van der Waals surface area (Å²) in [5.74, 6) is -1.27. The number of amides is 2. The highest BCUT2D eigenvalue weighted by Crippen LogP contribution is 2.19. The number of aromatic nitrogens is 3. The molecule has 1 aromatic heterocycles. The standard InChI is InChI=1S/C35H49N11O8/c1-3-25(2)29(32(49)50)42-35-44-33(39-15-19-53-22-21-51-17-13-37-30(47)26-7-5-4-6-8-26)43-34(45-35)41-28-11-9-27(10-12-28)31(48)38-14-18-52-23-24-54-20-16-40-46-36/h4-12,25,29H,3,13-24H2,1-2H3,(H,37,47)(H,38,48)(H,49,50)(H3,39,41,42,43,44,45)/t25-,29-/m0/s1. The summed E-state index contributed by atoms with van der Waals surface area (Å²) in [6, 6.07) is 14.7. The molecule has 54 heavy (non-hydrogen) atoms. The Labute approximate surface area is 313 Å². The fraction of sp³-hybridized carbons (Fsp3) is 0.486. The second-order valence-corrected chi connectivity index (χ2v) is 11.6. The van der Waals surface area contributed by atoms with Crippen molar-refractivity contribution in [1.29, 1.82) is 0 Å². The maximum absolute atomic E-state index is 12.6. The molecule has 0 aliphatic heterocycles. The molecule has 0 aliphatic rings. The molecule has 19 heteroatoms. The average molecular weight is 752 g/mol. The van der Waals surface area contributed by atoms with E-state index in [0.29, 0.717) is 95.7 Å². The highest BCUT2D eigenvalue weighted by molar-refractivity contribution is 5.94. The van der Waals surface area contributed by atoms with E-state index in [1.54, 1.807) is 48.5 Å². The van der Waals surface area contributed by atoms with E-state index in [4.69, 9.17) is 24.5 Å². The van der Waals surface area contributed by atoms with Crippen molar-refractivity contribution in [3.05, 3.63) is 76.2 Å². The Morgan fingerprint density at radius 3 is 1.85 bits per heavy atom. The Bertz CT molecular complexity index is 1610. The molecule has 2 atom stereocenters. The van der Waals surface area contributed by atoms with Crippen LogP contribution in [0.15, 0.2) is 59.7 Å². The van der Waals surface area contributed by atoms with Gasteiger partial charge in [0.15, 0.2) is 0 Å². The van der Waals surface area contributed by atoms with Gasteiger partial charge in [0.1, 0.15) is 6.04 Å². The molecule has 3 rings (SSSR count). The molecule has 1 heterocycles. The van der Waals surface area contributed by atoms with E-state index in [-0.39, 0.29) is 42.1 Å². The normalized spacial score (nSPS) is 11.8. The first kappa shape index (κ1) is 42.8. The number of benzene rings is 2. The van der Waals surface area contributed by atoms with Crippen molar-refractivity contribution in [1.82, 2.24) is 25.6 Å². The van der Waals surface area contributed by atoms with E-state index in [2.05, 4.69) is 51.6 Å². The van der Waals surface area contributed by atoms with Gasteiger partial charge in [-0.2, -0.15) is 15.0 Å². The molecular formula is C35H49N11O8. The molecular weight excluding hydrogens is 702 g/mol. The zero-order valence-electron chi connectivity index (χ0n) is 30.5. The third-order valence-electron chi connectivity index (χ3n) is 7.57. The van der Waals surface area contributed by atoms with Crippen molar-refractivity contribution in [3.8, 4) is 0 Å². The van der Waals surface area contributed by atoms with Crippen LogP contribution in [0.1, 0.15) is 41.0 Å². The van der Waals surface area contributed by atoms with Crippen LogP contribution >= 0.6 is 0 Å². The van der Waals surface area contributed by atoms with Crippen LogP contribution in [0.25, 0.3) is 10.4 Å². The number of azide groups is 1. The lowest BCUT2D eigenvalue weighted by atomic mass is 10.00. The fourth-order valence-electron chi connectivity index (χ4n) is 4.53. The Hall–Kier alpha value is -5.59. The Morgan fingerprint density at radius 1 is 0.741 bits per heavy atom. The summed E-state index contributed by atoms with van der Waals surface area (Å²) in [6.07, 6.45) is 0.623. The van der Waals surface area contributed by atoms with E-state index in [0.717, 1.165) is 0 Å². The first-order valence-corrected chi connectivity index (χ1v) is 17.6. The summed E-state index contributed by atoms with van der Waals surface area (Å²) >= 11 is 0. The van der Waals surface area contributed by atoms with E-state index >= 15 is 0 Å². The number of hydrogen-bond donors (Lipinski definition) is 6. The van der Waals surface area contributed by atoms with Gasteiger partial charge < -0.3 is 50.6 Å². The second-order valence-electron chi connectivity index (χ2n) is 11.6. The largest absolute Gasteiger partial charge is 0.480 e. The lowest BCUT2D eigenvalue weighted by Crippen LogP contribution is -2.36. The lowest BCUT2D eigenvalue weighted by molar-refractivity contribution is -0.139. The zero-order valence-corrected chi connectivity index (χ0v) is 30.5. The number of ether oxygens (including phenoxy) is 4. The number of carbonyl (C=O) groups is 3. The highest BCUT2D eigenvalue weighted by atomic mass is 16.5. The van der Waals surface area contributed by atoms with Gasteiger partial charge in [-0.1, -0.05) is 43.6 Å². The van der Waals surface area contributed by atoms with Crippen LogP contribution in [0.4, 0.5) is 23.5 Å². The number of carboxylic acid groups (broad SMARTS) is 1. The Balaban J connectivity index is 1.46. The number of nitrogens with one attached hydrogen (secondary N) is 5. The van der Waals surface area contributed by atoms with Crippen LogP contribution in [0, 0.1) is 5.92 Å². The van der Waals surface area contributed by atoms with Crippen molar-refractivity contribution < 1.29 is 38.4 Å². The first-order valence-electron chi connectivity index (χ1n) is 17.6. The minimum atomic E-state index is -1.03. The van der Waals surface area contributed by atoms with Gasteiger partial charge in [0, 0.05) is 47.9 Å². The minimum absolute atomic E-state index is 0.0642. The third-order valence-corrected chi connectivity index (χ3v) is 7.57. The molecule has 0 saturated heterocycles. The molecule has 292 valence electrons. The molecule has 6 N–H and O–H groups in total. The maximum Gasteiger partial charge on any atom is 0.326 e. The number of hydrogen-bond acceptors (Lipinski definition) is 14. The van der Waals surface area contributed by atoms with Crippen LogP contribution < -0.4 is 26.6 Å². The molecule has 2 amide bonds. The number of rotatable bonds is 28. The van der Waals surface area contributed by atoms with Gasteiger partial charge in [0.05, 0.1) is 52.9 Å². The SMILES string of the molecule is CC[C@H](C)[C@H](Nc1nc(NCCOCCOCCNC(=O)c2ccccc2)nc(Nc2ccc(C(=O)NCCOCCOCCN=[N+]=[N-])cc2)n1)C(=O)O. The summed E-state index contributed by atoms with van der Waals surface area (Å²) in [6.45, 7) is 7.64. The van der Waals surface area contributed by atoms with Gasteiger partial charge in [0.2, 0.25) is 17.8 Å². The van der Waals surface area contributed by atoms with Crippen LogP contribution in [0.5, 0.6) is 0 Å². The molecule has 2 aromatic carbocycles. The number of carbonyl (C=O) groups excluding carboxylic acids is 2. The van der Waals surface area contributed by atoms with Gasteiger partial charge in [-0.15, -0.1) is 0 Å². The summed E-state index contributed by atoms with van der Waals surface area (Å²) < 4.78 is 21.8. The smallest absolute Gasteiger partial charge is 0.326 e. The van der Waals surface area contributed by atoms with E-state index in [1.807, 2.05) is 19.9 Å². The van der Waals surface area contributed by atoms with Crippen molar-refractivity contribution in [3.63, 3.8) is 0 Å². The average Bonchev–Trinajstić information content (AvgIpc) is 3.18. The summed E-state index contributed by atoms with van der Waals surface area (Å²) in [5.41, 5.74) is 9.83. The van der Waals surface area contributed by atoms with Gasteiger partial charge in [-0.05, 0) is 47.8 Å². The molecule has 0 aliphatic carbocycles. The fourth-order valence-corrected chi connectivity index (χ4v) is 4.53. The summed E-state index contributed by atoms with van der Waals surface area (Å²) in [7, 11) is 0. The quantitative estimate of drug-likeness (QED) is 0.0269. The third kappa shape index (κ3) is 16.8. The number of nitrogens with zero attached hydrogens (tertiary/aromatic N) is 6. The van der Waals surface area contributed by atoms with E-state index in [9.17, 15) is 19.5 Å². The summed E-state index contributed by atoms with van der Waals surface area (Å²) in [5, 5.41) is 27.8. The second kappa shape index (κ2) is 25.4. The van der Waals surface area contributed by atoms with E-state index in [1.165, 1.54) is 0 Å². The van der Waals surface area contributed by atoms with Crippen molar-refractivity contribution >= 4 is 41.3 Å². The predicted molar refractivity (Wildman–Crippen MR) is 201 cm³/mol. The topological polar surface area (TPSA) is 256 Å². The van der Waals surface area contributed by atoms with Gasteiger partial charge in [-0.3, -0.25) is 9.59 Å². The molecule has 0 saturated carbocycles. The number of aliphatic carboxylic acids is 1. The Morgan fingerprint density at radius 2 is 1.28 bits per heavy atom. The minimum Gasteiger partial charge on any atom is -0.480 e. The molecule has 0 radical (unpaired) electrons. The van der Waals surface area contributed by atoms with Crippen molar-refractivity contribution in [2.45, 2.75) is 26.3 Å².